The Bertz CT molecular complexity index is 808. The van der Waals surface area contributed by atoms with Crippen LogP contribution in [0.4, 0.5) is 0 Å². The summed E-state index contributed by atoms with van der Waals surface area (Å²) in [5.41, 5.74) is 1.45. The molecule has 9 heteroatoms. The summed E-state index contributed by atoms with van der Waals surface area (Å²) in [6, 6.07) is 1.90. The fourth-order valence-corrected chi connectivity index (χ4v) is 3.90. The van der Waals surface area contributed by atoms with Crippen molar-refractivity contribution in [3.05, 3.63) is 29.1 Å². The number of likely N-dealkylation sites (tertiary alicyclic amines) is 1. The molecule has 0 aliphatic carbocycles. The lowest BCUT2D eigenvalue weighted by Crippen LogP contribution is -2.34. The average Bonchev–Trinajstić information content (AvgIpc) is 3.20. The summed E-state index contributed by atoms with van der Waals surface area (Å²) in [4.78, 5) is 16.7. The maximum absolute atomic E-state index is 12.8. The highest BCUT2D eigenvalue weighted by Gasteiger charge is 2.34. The predicted molar refractivity (Wildman–Crippen MR) is 93.6 cm³/mol. The van der Waals surface area contributed by atoms with Crippen LogP contribution in [0.25, 0.3) is 0 Å². The lowest BCUT2D eigenvalue weighted by atomic mass is 10.2. The first-order valence-electron chi connectivity index (χ1n) is 9.04. The summed E-state index contributed by atoms with van der Waals surface area (Å²) in [7, 11) is 3.84. The second kappa shape index (κ2) is 6.48. The van der Waals surface area contributed by atoms with Gasteiger partial charge in [0.1, 0.15) is 5.82 Å². The molecular formula is C17H25N7O2. The average molecular weight is 359 g/mol. The third-order valence-electron chi connectivity index (χ3n) is 5.50. The number of amides is 1. The van der Waals surface area contributed by atoms with Crippen LogP contribution in [0, 0.1) is 6.92 Å². The molecule has 1 amide bonds. The van der Waals surface area contributed by atoms with E-state index < -0.39 is 0 Å². The molecule has 26 heavy (non-hydrogen) atoms. The fraction of sp³-hybridized carbons (Fsp3) is 0.647. The van der Waals surface area contributed by atoms with Crippen LogP contribution >= 0.6 is 0 Å². The molecule has 0 aromatic carbocycles. The van der Waals surface area contributed by atoms with Gasteiger partial charge in [0, 0.05) is 45.3 Å². The quantitative estimate of drug-likeness (QED) is 0.795. The van der Waals surface area contributed by atoms with Crippen molar-refractivity contribution in [2.75, 3.05) is 26.7 Å². The first kappa shape index (κ1) is 17.2. The highest BCUT2D eigenvalue weighted by atomic mass is 16.3. The molecule has 0 saturated carbocycles. The van der Waals surface area contributed by atoms with E-state index in [0.29, 0.717) is 44.7 Å². The van der Waals surface area contributed by atoms with Crippen molar-refractivity contribution >= 4 is 5.91 Å². The van der Waals surface area contributed by atoms with E-state index in [1.165, 1.54) is 0 Å². The van der Waals surface area contributed by atoms with Gasteiger partial charge < -0.3 is 14.6 Å². The summed E-state index contributed by atoms with van der Waals surface area (Å²) >= 11 is 0. The second-order valence-corrected chi connectivity index (χ2v) is 7.31. The van der Waals surface area contributed by atoms with E-state index in [4.69, 9.17) is 0 Å². The standard InChI is InChI=1S/C17H25N7O2/c1-11-8-13(20-22(11)3)17(26)23-5-4-15-18-19-16(24(15)7-6-23)14-9-12(25)10-21(14)2/h8,12,14,25H,4-7,9-10H2,1-3H3/t12-,14+/m1/s1. The lowest BCUT2D eigenvalue weighted by Gasteiger charge is -2.21. The van der Waals surface area contributed by atoms with Gasteiger partial charge in [-0.15, -0.1) is 10.2 Å². The SMILES string of the molecule is Cc1cc(C(=O)N2CCc3nnc([C@@H]4C[C@@H](O)CN4C)n3CC2)nn1C. The van der Waals surface area contributed by atoms with Crippen molar-refractivity contribution in [2.45, 2.75) is 38.5 Å². The number of aliphatic hydroxyl groups is 1. The number of aryl methyl sites for hydroxylation is 2. The number of fused-ring (bicyclic) bond motifs is 1. The zero-order valence-electron chi connectivity index (χ0n) is 15.5. The summed E-state index contributed by atoms with van der Waals surface area (Å²) in [5, 5.41) is 23.0. The monoisotopic (exact) mass is 359 g/mol. The van der Waals surface area contributed by atoms with Crippen molar-refractivity contribution in [1.82, 2.24) is 34.3 Å². The number of aromatic nitrogens is 5. The maximum atomic E-state index is 12.8. The molecule has 4 heterocycles. The number of β-amino-alcohol motifs (C(OH)–C–C–N with tert-alkyl or cyclic N) is 1. The molecule has 9 nitrogen and oxygen atoms in total. The molecule has 0 radical (unpaired) electrons. The molecule has 2 aromatic heterocycles. The number of likely N-dealkylation sites (N-methyl/N-ethyl adjacent to an activating group) is 1. The van der Waals surface area contributed by atoms with Gasteiger partial charge in [-0.2, -0.15) is 5.10 Å². The molecule has 2 aliphatic heterocycles. The van der Waals surface area contributed by atoms with Crippen molar-refractivity contribution in [3.63, 3.8) is 0 Å². The molecule has 2 aliphatic rings. The van der Waals surface area contributed by atoms with Gasteiger partial charge in [-0.05, 0) is 26.5 Å². The van der Waals surface area contributed by atoms with E-state index in [0.717, 1.165) is 17.3 Å². The number of rotatable bonds is 2. The Labute approximate surface area is 152 Å². The molecule has 2 atom stereocenters. The maximum Gasteiger partial charge on any atom is 0.274 e. The van der Waals surface area contributed by atoms with Crippen molar-refractivity contribution in [3.8, 4) is 0 Å². The topological polar surface area (TPSA) is 92.3 Å². The van der Waals surface area contributed by atoms with Crippen LogP contribution in [-0.2, 0) is 20.0 Å². The Balaban J connectivity index is 1.52. The highest BCUT2D eigenvalue weighted by Crippen LogP contribution is 2.30. The lowest BCUT2D eigenvalue weighted by molar-refractivity contribution is 0.0751. The minimum Gasteiger partial charge on any atom is -0.392 e. The molecule has 0 bridgehead atoms. The van der Waals surface area contributed by atoms with Crippen molar-refractivity contribution in [2.24, 2.45) is 7.05 Å². The van der Waals surface area contributed by atoms with E-state index in [9.17, 15) is 9.90 Å². The molecule has 140 valence electrons. The Morgan fingerprint density at radius 3 is 2.69 bits per heavy atom. The first-order valence-corrected chi connectivity index (χ1v) is 9.04. The Kier molecular flexibility index (Phi) is 4.28. The number of nitrogens with zero attached hydrogens (tertiary/aromatic N) is 7. The normalized spacial score (nSPS) is 23.9. The molecular weight excluding hydrogens is 334 g/mol. The van der Waals surface area contributed by atoms with Gasteiger partial charge in [0.2, 0.25) is 0 Å². The largest absolute Gasteiger partial charge is 0.392 e. The molecule has 1 N–H and O–H groups in total. The minimum absolute atomic E-state index is 0.0395. The number of hydrogen-bond acceptors (Lipinski definition) is 6. The molecule has 4 rings (SSSR count). The third-order valence-corrected chi connectivity index (χ3v) is 5.50. The van der Waals surface area contributed by atoms with Gasteiger partial charge in [0.05, 0.1) is 12.1 Å². The van der Waals surface area contributed by atoms with Gasteiger partial charge in [0.25, 0.3) is 5.91 Å². The van der Waals surface area contributed by atoms with Crippen LogP contribution in [0.5, 0.6) is 0 Å². The van der Waals surface area contributed by atoms with Crippen molar-refractivity contribution in [1.29, 1.82) is 0 Å². The summed E-state index contributed by atoms with van der Waals surface area (Å²) < 4.78 is 3.84. The van der Waals surface area contributed by atoms with Crippen LogP contribution in [0.2, 0.25) is 0 Å². The van der Waals surface area contributed by atoms with Crippen LogP contribution in [-0.4, -0.2) is 78.1 Å². The summed E-state index contributed by atoms with van der Waals surface area (Å²) in [6.45, 7) is 4.46. The van der Waals surface area contributed by atoms with E-state index in [1.54, 1.807) is 4.68 Å². The van der Waals surface area contributed by atoms with Gasteiger partial charge in [0.15, 0.2) is 11.5 Å². The van der Waals surface area contributed by atoms with Gasteiger partial charge >= 0.3 is 0 Å². The Morgan fingerprint density at radius 1 is 1.23 bits per heavy atom. The first-order chi connectivity index (χ1) is 12.4. The van der Waals surface area contributed by atoms with E-state index >= 15 is 0 Å². The smallest absolute Gasteiger partial charge is 0.274 e. The summed E-state index contributed by atoms with van der Waals surface area (Å²) in [6.07, 6.45) is 1.02. The zero-order valence-corrected chi connectivity index (χ0v) is 15.5. The van der Waals surface area contributed by atoms with Crippen LogP contribution in [0.3, 0.4) is 0 Å². The number of carbonyl (C=O) groups is 1. The van der Waals surface area contributed by atoms with Gasteiger partial charge in [-0.3, -0.25) is 14.4 Å². The number of hydrogen-bond donors (Lipinski definition) is 1. The molecule has 0 spiro atoms. The molecule has 2 aromatic rings. The van der Waals surface area contributed by atoms with E-state index in [2.05, 4.69) is 24.8 Å². The predicted octanol–water partition coefficient (Wildman–Crippen LogP) is -0.244. The molecule has 1 saturated heterocycles. The van der Waals surface area contributed by atoms with Crippen LogP contribution in [0.15, 0.2) is 6.07 Å². The van der Waals surface area contributed by atoms with E-state index in [1.807, 2.05) is 32.0 Å². The molecule has 1 fully saturated rings. The third kappa shape index (κ3) is 2.90. The second-order valence-electron chi connectivity index (χ2n) is 7.31. The van der Waals surface area contributed by atoms with Crippen LogP contribution in [0.1, 0.15) is 40.3 Å². The van der Waals surface area contributed by atoms with Gasteiger partial charge in [-0.25, -0.2) is 0 Å². The summed E-state index contributed by atoms with van der Waals surface area (Å²) in [5.74, 6) is 1.76. The van der Waals surface area contributed by atoms with Gasteiger partial charge in [-0.1, -0.05) is 0 Å². The van der Waals surface area contributed by atoms with E-state index in [-0.39, 0.29) is 18.1 Å². The Morgan fingerprint density at radius 2 is 2.04 bits per heavy atom. The fourth-order valence-electron chi connectivity index (χ4n) is 3.90. The number of carbonyl (C=O) groups excluding carboxylic acids is 1. The minimum atomic E-state index is -0.325. The van der Waals surface area contributed by atoms with Crippen LogP contribution < -0.4 is 0 Å². The molecule has 0 unspecified atom stereocenters. The zero-order chi connectivity index (χ0) is 18.4. The number of aliphatic hydroxyl groups excluding tert-OH is 1. The Hall–Kier alpha value is -2.26. The highest BCUT2D eigenvalue weighted by molar-refractivity contribution is 5.92. The van der Waals surface area contributed by atoms with Crippen molar-refractivity contribution < 1.29 is 9.90 Å².